The Bertz CT molecular complexity index is 603. The predicted molar refractivity (Wildman–Crippen MR) is 86.0 cm³/mol. The molecule has 2 aromatic rings. The Labute approximate surface area is 139 Å². The molecule has 0 bridgehead atoms. The van der Waals surface area contributed by atoms with Crippen LogP contribution in [0.1, 0.15) is 38.5 Å². The van der Waals surface area contributed by atoms with Crippen LogP contribution >= 0.6 is 23.2 Å². The second-order valence-corrected chi connectivity index (χ2v) is 6.07. The van der Waals surface area contributed by atoms with Gasteiger partial charge in [-0.15, -0.1) is 0 Å². The van der Waals surface area contributed by atoms with Crippen LogP contribution < -0.4 is 0 Å². The van der Waals surface area contributed by atoms with Crippen LogP contribution in [0.3, 0.4) is 0 Å². The molecule has 2 rings (SSSR count). The van der Waals surface area contributed by atoms with Gasteiger partial charge in [-0.25, -0.2) is 9.67 Å². The summed E-state index contributed by atoms with van der Waals surface area (Å²) in [5.74, 6) is 0. The molecule has 0 saturated carbocycles. The lowest BCUT2D eigenvalue weighted by Gasteiger charge is -2.33. The van der Waals surface area contributed by atoms with Gasteiger partial charge in [0.25, 0.3) is 0 Å². The average Bonchev–Trinajstić information content (AvgIpc) is 2.96. The molecule has 1 heterocycles. The highest BCUT2D eigenvalue weighted by molar-refractivity contribution is 6.35. The third-order valence-electron chi connectivity index (χ3n) is 3.41. The van der Waals surface area contributed by atoms with E-state index in [9.17, 15) is 5.11 Å². The summed E-state index contributed by atoms with van der Waals surface area (Å²) in [4.78, 5) is 3.92. The third-order valence-corrected chi connectivity index (χ3v) is 3.96. The molecule has 0 aliphatic rings. The summed E-state index contributed by atoms with van der Waals surface area (Å²) in [5, 5.41) is 16.0. The zero-order valence-corrected chi connectivity index (χ0v) is 14.1. The smallest absolute Gasteiger partial charge is 0.184 e. The van der Waals surface area contributed by atoms with Gasteiger partial charge in [0.15, 0.2) is 6.23 Å². The van der Waals surface area contributed by atoms with E-state index in [1.807, 2.05) is 0 Å². The lowest BCUT2D eigenvalue weighted by Crippen LogP contribution is -2.36. The summed E-state index contributed by atoms with van der Waals surface area (Å²) in [6.07, 6.45) is 4.05. The summed E-state index contributed by atoms with van der Waals surface area (Å²) in [6.45, 7) is 4.21. The van der Waals surface area contributed by atoms with Crippen LogP contribution in [0.4, 0.5) is 0 Å². The summed E-state index contributed by atoms with van der Waals surface area (Å²) in [5.41, 5.74) is -0.862. The van der Waals surface area contributed by atoms with Crippen LogP contribution in [-0.2, 0) is 10.3 Å². The van der Waals surface area contributed by atoms with Crippen molar-refractivity contribution in [1.29, 1.82) is 0 Å². The Morgan fingerprint density at radius 3 is 2.77 bits per heavy atom. The largest absolute Gasteiger partial charge is 0.381 e. The first-order chi connectivity index (χ1) is 10.5. The molecule has 2 atom stereocenters. The van der Waals surface area contributed by atoms with E-state index in [1.54, 1.807) is 25.1 Å². The van der Waals surface area contributed by atoms with Crippen LogP contribution in [0.5, 0.6) is 0 Å². The van der Waals surface area contributed by atoms with Crippen LogP contribution in [0.25, 0.3) is 0 Å². The number of ether oxygens (including phenoxy) is 1. The summed E-state index contributed by atoms with van der Waals surface area (Å²) >= 11 is 12.2. The van der Waals surface area contributed by atoms with Gasteiger partial charge in [0.2, 0.25) is 0 Å². The number of aliphatic hydroxyl groups is 1. The van der Waals surface area contributed by atoms with Gasteiger partial charge in [-0.05, 0) is 25.5 Å². The molecule has 2 unspecified atom stereocenters. The molecule has 5 nitrogen and oxygen atoms in total. The van der Waals surface area contributed by atoms with Gasteiger partial charge in [0.05, 0.1) is 0 Å². The zero-order chi connectivity index (χ0) is 16.2. The average molecular weight is 344 g/mol. The lowest BCUT2D eigenvalue weighted by atomic mass is 9.94. The number of unbranched alkanes of at least 4 members (excludes halogenated alkanes) is 1. The van der Waals surface area contributed by atoms with Gasteiger partial charge in [0, 0.05) is 22.2 Å². The van der Waals surface area contributed by atoms with E-state index in [4.69, 9.17) is 27.9 Å². The molecule has 1 aromatic heterocycles. The Balaban J connectivity index is 2.35. The first-order valence-corrected chi connectivity index (χ1v) is 7.86. The summed E-state index contributed by atoms with van der Waals surface area (Å²) in [7, 11) is 0. The minimum Gasteiger partial charge on any atom is -0.381 e. The molecular weight excluding hydrogens is 325 g/mol. The van der Waals surface area contributed by atoms with Crippen LogP contribution in [-0.4, -0.2) is 26.5 Å². The Hall–Kier alpha value is -1.14. The minimum absolute atomic E-state index is 0.377. The van der Waals surface area contributed by atoms with E-state index in [0.29, 0.717) is 22.2 Å². The fourth-order valence-corrected chi connectivity index (χ4v) is 2.81. The van der Waals surface area contributed by atoms with Gasteiger partial charge >= 0.3 is 0 Å². The number of benzene rings is 1. The van der Waals surface area contributed by atoms with Gasteiger partial charge in [-0.1, -0.05) is 42.6 Å². The maximum Gasteiger partial charge on any atom is 0.184 e. The van der Waals surface area contributed by atoms with E-state index in [1.165, 1.54) is 17.3 Å². The number of halogens is 2. The molecule has 7 heteroatoms. The quantitative estimate of drug-likeness (QED) is 0.776. The second kappa shape index (κ2) is 7.42. The highest BCUT2D eigenvalue weighted by Crippen LogP contribution is 2.38. The number of hydrogen-bond acceptors (Lipinski definition) is 4. The van der Waals surface area contributed by atoms with E-state index in [2.05, 4.69) is 17.0 Å². The van der Waals surface area contributed by atoms with Crippen molar-refractivity contribution in [1.82, 2.24) is 14.8 Å². The van der Waals surface area contributed by atoms with Crippen molar-refractivity contribution < 1.29 is 9.84 Å². The molecule has 0 fully saturated rings. The highest BCUT2D eigenvalue weighted by Gasteiger charge is 2.38. The predicted octanol–water partition coefficient (Wildman–Crippen LogP) is 3.81. The fourth-order valence-electron chi connectivity index (χ4n) is 2.21. The Kier molecular flexibility index (Phi) is 5.81. The molecule has 0 saturated heterocycles. The molecule has 0 spiro atoms. The molecule has 22 heavy (non-hydrogen) atoms. The van der Waals surface area contributed by atoms with Crippen molar-refractivity contribution >= 4 is 23.2 Å². The standard InChI is InChI=1S/C15H19Cl2N3O2/c1-3-4-7-22-14(20-10-18-9-19-20)15(2,21)12-6-5-11(16)8-13(12)17/h5-6,8-10,14,21H,3-4,7H2,1-2H3. The molecule has 120 valence electrons. The van der Waals surface area contributed by atoms with Gasteiger partial charge < -0.3 is 9.84 Å². The summed E-state index contributed by atoms with van der Waals surface area (Å²) < 4.78 is 7.34. The number of nitrogens with zero attached hydrogens (tertiary/aromatic N) is 3. The number of hydrogen-bond donors (Lipinski definition) is 1. The number of rotatable bonds is 7. The van der Waals surface area contributed by atoms with Crippen LogP contribution in [0.2, 0.25) is 10.0 Å². The molecular formula is C15H19Cl2N3O2. The van der Waals surface area contributed by atoms with Crippen molar-refractivity contribution in [2.45, 2.75) is 38.5 Å². The monoisotopic (exact) mass is 343 g/mol. The van der Waals surface area contributed by atoms with E-state index >= 15 is 0 Å². The van der Waals surface area contributed by atoms with Gasteiger partial charge in [-0.3, -0.25) is 0 Å². The minimum atomic E-state index is -1.39. The molecule has 0 amide bonds. The van der Waals surface area contributed by atoms with E-state index in [-0.39, 0.29) is 0 Å². The van der Waals surface area contributed by atoms with Crippen molar-refractivity contribution in [2.75, 3.05) is 6.61 Å². The van der Waals surface area contributed by atoms with E-state index in [0.717, 1.165) is 12.8 Å². The second-order valence-electron chi connectivity index (χ2n) is 5.22. The van der Waals surface area contributed by atoms with Crippen molar-refractivity contribution in [3.63, 3.8) is 0 Å². The maximum absolute atomic E-state index is 11.0. The molecule has 0 radical (unpaired) electrons. The lowest BCUT2D eigenvalue weighted by molar-refractivity contribution is -0.150. The Morgan fingerprint density at radius 2 is 2.18 bits per heavy atom. The molecule has 0 aliphatic carbocycles. The molecule has 1 aromatic carbocycles. The SMILES string of the molecule is CCCCOC(n1cncn1)C(C)(O)c1ccc(Cl)cc1Cl. The first kappa shape index (κ1) is 17.2. The van der Waals surface area contributed by atoms with Crippen LogP contribution in [0.15, 0.2) is 30.9 Å². The van der Waals surface area contributed by atoms with Crippen molar-refractivity contribution in [3.05, 3.63) is 46.5 Å². The summed E-state index contributed by atoms with van der Waals surface area (Å²) in [6, 6.07) is 4.97. The van der Waals surface area contributed by atoms with Crippen molar-refractivity contribution in [2.24, 2.45) is 0 Å². The third kappa shape index (κ3) is 3.79. The van der Waals surface area contributed by atoms with Gasteiger partial charge in [0.1, 0.15) is 18.3 Å². The highest BCUT2D eigenvalue weighted by atomic mass is 35.5. The number of aromatic nitrogens is 3. The normalized spacial score (nSPS) is 15.5. The maximum atomic E-state index is 11.0. The fraction of sp³-hybridized carbons (Fsp3) is 0.467. The van der Waals surface area contributed by atoms with Crippen molar-refractivity contribution in [3.8, 4) is 0 Å². The first-order valence-electron chi connectivity index (χ1n) is 7.10. The Morgan fingerprint density at radius 1 is 1.41 bits per heavy atom. The topological polar surface area (TPSA) is 60.2 Å². The molecule has 1 N–H and O–H groups in total. The van der Waals surface area contributed by atoms with E-state index < -0.39 is 11.8 Å². The molecule has 0 aliphatic heterocycles. The zero-order valence-electron chi connectivity index (χ0n) is 12.5. The van der Waals surface area contributed by atoms with Crippen LogP contribution in [0, 0.1) is 0 Å². The van der Waals surface area contributed by atoms with Gasteiger partial charge in [-0.2, -0.15) is 5.10 Å².